The fourth-order valence-corrected chi connectivity index (χ4v) is 7.97. The Labute approximate surface area is 341 Å². The lowest BCUT2D eigenvalue weighted by atomic mass is 9.69. The summed E-state index contributed by atoms with van der Waals surface area (Å²) in [6, 6.07) is 23.0. The molecule has 3 aliphatic rings. The fourth-order valence-electron chi connectivity index (χ4n) is 7.97. The van der Waals surface area contributed by atoms with Gasteiger partial charge < -0.3 is 33.6 Å². The van der Waals surface area contributed by atoms with Gasteiger partial charge in [0, 0.05) is 66.9 Å². The predicted molar refractivity (Wildman–Crippen MR) is 221 cm³/mol. The summed E-state index contributed by atoms with van der Waals surface area (Å²) in [5.41, 5.74) is 4.62. The minimum atomic E-state index is -0.276. The van der Waals surface area contributed by atoms with Gasteiger partial charge in [-0.15, -0.1) is 0 Å². The van der Waals surface area contributed by atoms with E-state index in [0.717, 1.165) is 67.7 Å². The van der Waals surface area contributed by atoms with Crippen LogP contribution in [0.3, 0.4) is 0 Å². The monoisotopic (exact) mass is 789 g/mol. The van der Waals surface area contributed by atoms with Crippen LogP contribution < -0.4 is 9.47 Å². The molecule has 0 radical (unpaired) electrons. The largest absolute Gasteiger partial charge is 0.492 e. The summed E-state index contributed by atoms with van der Waals surface area (Å²) in [7, 11) is 0. The topological polar surface area (TPSA) is 124 Å². The van der Waals surface area contributed by atoms with E-state index in [2.05, 4.69) is 11.9 Å². The third kappa shape index (κ3) is 9.96. The zero-order chi connectivity index (χ0) is 40.5. The standard InChI is InChI=1S/C46H55N5O7/c1-33(2)58-45(54)51-23-19-46(20-24-51,32-57-40-15-17-42(48-31-40)36-6-10-37(11-7-36)43(52)49-21-4-5-22-49)34(3)18-27-56-39-14-16-41(47-30-39)35-8-12-38(13-9-35)44(53)50-25-28-55-29-26-50/h6-17,30-31,33-34H,4-5,18-29,32H2,1-3H3. The Balaban J connectivity index is 0.946. The van der Waals surface area contributed by atoms with Gasteiger partial charge in [-0.3, -0.25) is 19.6 Å². The average Bonchev–Trinajstić information content (AvgIpc) is 3.81. The first-order chi connectivity index (χ1) is 28.2. The summed E-state index contributed by atoms with van der Waals surface area (Å²) in [5, 5.41) is 0. The Kier molecular flexibility index (Phi) is 13.2. The van der Waals surface area contributed by atoms with E-state index in [4.69, 9.17) is 23.9 Å². The van der Waals surface area contributed by atoms with Crippen LogP contribution in [0.5, 0.6) is 11.5 Å². The third-order valence-electron chi connectivity index (χ3n) is 11.8. The number of hydrogen-bond acceptors (Lipinski definition) is 9. The first kappa shape index (κ1) is 40.7. The molecule has 7 rings (SSSR count). The number of benzene rings is 2. The van der Waals surface area contributed by atoms with Gasteiger partial charge in [-0.25, -0.2) is 4.79 Å². The van der Waals surface area contributed by atoms with Gasteiger partial charge in [-0.2, -0.15) is 0 Å². The number of morpholine rings is 1. The second-order valence-electron chi connectivity index (χ2n) is 15.9. The molecule has 2 aromatic carbocycles. The maximum atomic E-state index is 12.8. The number of amides is 3. The van der Waals surface area contributed by atoms with E-state index in [9.17, 15) is 14.4 Å². The van der Waals surface area contributed by atoms with Crippen molar-refractivity contribution >= 4 is 17.9 Å². The molecule has 3 aliphatic heterocycles. The number of ether oxygens (including phenoxy) is 4. The number of carbonyl (C=O) groups is 3. The van der Waals surface area contributed by atoms with Crippen LogP contribution in [0.4, 0.5) is 4.79 Å². The number of likely N-dealkylation sites (tertiary alicyclic amines) is 2. The second kappa shape index (κ2) is 18.8. The highest BCUT2D eigenvalue weighted by molar-refractivity contribution is 5.95. The Hall–Kier alpha value is -5.49. The summed E-state index contributed by atoms with van der Waals surface area (Å²) in [6.07, 6.45) is 7.49. The van der Waals surface area contributed by atoms with Crippen molar-refractivity contribution < 1.29 is 33.3 Å². The lowest BCUT2D eigenvalue weighted by molar-refractivity contribution is -0.00271. The number of rotatable bonds is 13. The molecule has 4 aromatic rings. The molecule has 0 bridgehead atoms. The Morgan fingerprint density at radius 1 is 0.655 bits per heavy atom. The Morgan fingerprint density at radius 3 is 1.67 bits per heavy atom. The van der Waals surface area contributed by atoms with E-state index >= 15 is 0 Å². The van der Waals surface area contributed by atoms with Crippen molar-refractivity contribution in [3.05, 3.63) is 96.3 Å². The van der Waals surface area contributed by atoms with Crippen molar-refractivity contribution in [1.82, 2.24) is 24.7 Å². The van der Waals surface area contributed by atoms with E-state index < -0.39 is 0 Å². The maximum Gasteiger partial charge on any atom is 0.410 e. The zero-order valence-corrected chi connectivity index (χ0v) is 33.9. The Bertz CT molecular complexity index is 1970. The van der Waals surface area contributed by atoms with Crippen LogP contribution in [0.25, 0.3) is 22.5 Å². The summed E-state index contributed by atoms with van der Waals surface area (Å²) >= 11 is 0. The van der Waals surface area contributed by atoms with Crippen LogP contribution in [0, 0.1) is 11.3 Å². The van der Waals surface area contributed by atoms with E-state index in [1.807, 2.05) is 96.4 Å². The smallest absolute Gasteiger partial charge is 0.410 e. The molecule has 0 aliphatic carbocycles. The molecule has 12 nitrogen and oxygen atoms in total. The highest BCUT2D eigenvalue weighted by atomic mass is 16.6. The lowest BCUT2D eigenvalue weighted by Crippen LogP contribution is -2.49. The number of pyridine rings is 2. The van der Waals surface area contributed by atoms with Gasteiger partial charge in [-0.1, -0.05) is 31.2 Å². The quantitative estimate of drug-likeness (QED) is 0.135. The molecule has 0 spiro atoms. The maximum absolute atomic E-state index is 12.8. The molecule has 3 saturated heterocycles. The van der Waals surface area contributed by atoms with Crippen molar-refractivity contribution in [1.29, 1.82) is 0 Å². The minimum absolute atomic E-state index is 0.0188. The van der Waals surface area contributed by atoms with Crippen LogP contribution in [-0.4, -0.2) is 114 Å². The number of carbonyl (C=O) groups excluding carboxylic acids is 3. The number of nitrogens with zero attached hydrogens (tertiary/aromatic N) is 5. The lowest BCUT2D eigenvalue weighted by Gasteiger charge is -2.45. The molecule has 306 valence electrons. The van der Waals surface area contributed by atoms with Crippen molar-refractivity contribution in [2.45, 2.75) is 59.0 Å². The summed E-state index contributed by atoms with van der Waals surface area (Å²) in [5.74, 6) is 1.69. The van der Waals surface area contributed by atoms with E-state index in [0.29, 0.717) is 75.2 Å². The third-order valence-corrected chi connectivity index (χ3v) is 11.8. The molecule has 2 aromatic heterocycles. The van der Waals surface area contributed by atoms with Gasteiger partial charge >= 0.3 is 6.09 Å². The van der Waals surface area contributed by atoms with E-state index in [1.54, 1.807) is 17.3 Å². The van der Waals surface area contributed by atoms with Gasteiger partial charge in [0.05, 0.1) is 56.3 Å². The molecule has 3 amide bonds. The van der Waals surface area contributed by atoms with Crippen LogP contribution in [0.15, 0.2) is 85.2 Å². The SMILES string of the molecule is CC(C)OC(=O)N1CCC(COc2ccc(-c3ccc(C(=O)N4CCCC4)cc3)nc2)(C(C)CCOc2ccc(-c3ccc(C(=O)N4CCOCC4)cc3)nc2)CC1. The fraction of sp³-hybridized carbons (Fsp3) is 0.457. The van der Waals surface area contributed by atoms with Crippen molar-refractivity contribution in [3.63, 3.8) is 0 Å². The molecular weight excluding hydrogens is 735 g/mol. The van der Waals surface area contributed by atoms with Gasteiger partial charge in [0.2, 0.25) is 0 Å². The Morgan fingerprint density at radius 2 is 1.17 bits per heavy atom. The molecule has 58 heavy (non-hydrogen) atoms. The summed E-state index contributed by atoms with van der Waals surface area (Å²) < 4.78 is 23.6. The highest BCUT2D eigenvalue weighted by Gasteiger charge is 2.41. The number of piperidine rings is 1. The minimum Gasteiger partial charge on any atom is -0.492 e. The first-order valence-corrected chi connectivity index (χ1v) is 20.7. The first-order valence-electron chi connectivity index (χ1n) is 20.7. The number of hydrogen-bond donors (Lipinski definition) is 0. The van der Waals surface area contributed by atoms with E-state index in [1.165, 1.54) is 0 Å². The van der Waals surface area contributed by atoms with Gasteiger partial charge in [0.15, 0.2) is 0 Å². The van der Waals surface area contributed by atoms with Crippen LogP contribution in [0.2, 0.25) is 0 Å². The molecule has 1 atom stereocenters. The van der Waals surface area contributed by atoms with Crippen LogP contribution in [0.1, 0.15) is 73.6 Å². The molecular formula is C46H55N5O7. The van der Waals surface area contributed by atoms with Crippen LogP contribution in [-0.2, 0) is 9.47 Å². The van der Waals surface area contributed by atoms with Gasteiger partial charge in [0.1, 0.15) is 11.5 Å². The van der Waals surface area contributed by atoms with Gasteiger partial charge in [0.25, 0.3) is 11.8 Å². The second-order valence-corrected chi connectivity index (χ2v) is 15.9. The molecule has 0 saturated carbocycles. The van der Waals surface area contributed by atoms with Crippen molar-refractivity contribution in [3.8, 4) is 34.0 Å². The molecule has 12 heteroatoms. The highest BCUT2D eigenvalue weighted by Crippen LogP contribution is 2.41. The molecule has 5 heterocycles. The molecule has 0 N–H and O–H groups in total. The van der Waals surface area contributed by atoms with Crippen molar-refractivity contribution in [2.75, 3.05) is 65.7 Å². The average molecular weight is 790 g/mol. The van der Waals surface area contributed by atoms with Crippen LogP contribution >= 0.6 is 0 Å². The van der Waals surface area contributed by atoms with Gasteiger partial charge in [-0.05, 0) is 100 Å². The predicted octanol–water partition coefficient (Wildman–Crippen LogP) is 7.63. The molecule has 1 unspecified atom stereocenters. The molecule has 3 fully saturated rings. The number of aromatic nitrogens is 2. The summed E-state index contributed by atoms with van der Waals surface area (Å²) in [4.78, 5) is 53.3. The zero-order valence-electron chi connectivity index (χ0n) is 33.9. The van der Waals surface area contributed by atoms with E-state index in [-0.39, 0.29) is 35.3 Å². The normalized spacial score (nSPS) is 17.2. The van der Waals surface area contributed by atoms with Crippen molar-refractivity contribution in [2.24, 2.45) is 11.3 Å². The summed E-state index contributed by atoms with van der Waals surface area (Å²) in [6.45, 7) is 12.1.